The first-order valence-electron chi connectivity index (χ1n) is 4.41. The first-order valence-corrected chi connectivity index (χ1v) is 5.29. The molecule has 0 bridgehead atoms. The van der Waals surface area contributed by atoms with E-state index in [1.165, 1.54) is 19.3 Å². The molecule has 1 aliphatic carbocycles. The van der Waals surface area contributed by atoms with E-state index in [0.717, 1.165) is 11.8 Å². The van der Waals surface area contributed by atoms with Crippen molar-refractivity contribution in [1.29, 1.82) is 0 Å². The van der Waals surface area contributed by atoms with Crippen LogP contribution in [-0.2, 0) is 0 Å². The molecule has 1 aromatic heterocycles. The molecular formula is C10H14S. The van der Waals surface area contributed by atoms with Gasteiger partial charge in [-0.1, -0.05) is 19.4 Å². The second-order valence-corrected chi connectivity index (χ2v) is 4.47. The molecule has 1 aliphatic rings. The lowest BCUT2D eigenvalue weighted by atomic mass is 9.76. The molecule has 1 heteroatoms. The fourth-order valence-corrected chi connectivity index (χ4v) is 2.60. The SMILES string of the molecule is CC(c1cccs1)C1CCC1. The van der Waals surface area contributed by atoms with Gasteiger partial charge in [-0.3, -0.25) is 0 Å². The van der Waals surface area contributed by atoms with Crippen LogP contribution >= 0.6 is 11.3 Å². The Bertz CT molecular complexity index is 209. The summed E-state index contributed by atoms with van der Waals surface area (Å²) in [5.74, 6) is 1.82. The minimum atomic E-state index is 0.823. The molecule has 0 radical (unpaired) electrons. The highest BCUT2D eigenvalue weighted by atomic mass is 32.1. The van der Waals surface area contributed by atoms with Crippen LogP contribution in [0.2, 0.25) is 0 Å². The Morgan fingerprint density at radius 1 is 1.55 bits per heavy atom. The summed E-state index contributed by atoms with van der Waals surface area (Å²) in [4.78, 5) is 1.58. The summed E-state index contributed by atoms with van der Waals surface area (Å²) in [6.45, 7) is 2.37. The van der Waals surface area contributed by atoms with Gasteiger partial charge in [0.05, 0.1) is 0 Å². The van der Waals surface area contributed by atoms with Crippen LogP contribution in [0.25, 0.3) is 0 Å². The molecule has 1 atom stereocenters. The lowest BCUT2D eigenvalue weighted by Crippen LogP contribution is -2.17. The van der Waals surface area contributed by atoms with E-state index in [-0.39, 0.29) is 0 Å². The Kier molecular flexibility index (Phi) is 1.99. The average molecular weight is 166 g/mol. The van der Waals surface area contributed by atoms with E-state index in [2.05, 4.69) is 24.4 Å². The predicted molar refractivity (Wildman–Crippen MR) is 50.1 cm³/mol. The number of hydrogen-bond donors (Lipinski definition) is 0. The summed E-state index contributed by atoms with van der Waals surface area (Å²) in [5.41, 5.74) is 0. The van der Waals surface area contributed by atoms with Gasteiger partial charge in [0, 0.05) is 4.88 Å². The van der Waals surface area contributed by atoms with Crippen molar-refractivity contribution < 1.29 is 0 Å². The minimum Gasteiger partial charge on any atom is -0.149 e. The molecule has 0 N–H and O–H groups in total. The largest absolute Gasteiger partial charge is 0.149 e. The fraction of sp³-hybridized carbons (Fsp3) is 0.600. The summed E-state index contributed by atoms with van der Waals surface area (Å²) < 4.78 is 0. The highest BCUT2D eigenvalue weighted by molar-refractivity contribution is 7.10. The van der Waals surface area contributed by atoms with Crippen molar-refractivity contribution in [2.75, 3.05) is 0 Å². The third-order valence-corrected chi connectivity index (χ3v) is 3.92. The molecular weight excluding hydrogens is 152 g/mol. The van der Waals surface area contributed by atoms with Crippen molar-refractivity contribution in [3.8, 4) is 0 Å². The Morgan fingerprint density at radius 3 is 2.82 bits per heavy atom. The maximum absolute atomic E-state index is 2.37. The normalized spacial score (nSPS) is 21.2. The van der Waals surface area contributed by atoms with E-state index in [1.807, 2.05) is 11.3 Å². The average Bonchev–Trinajstić information content (AvgIpc) is 2.32. The zero-order valence-corrected chi connectivity index (χ0v) is 7.73. The number of thiophene rings is 1. The Hall–Kier alpha value is -0.300. The van der Waals surface area contributed by atoms with Crippen molar-refractivity contribution in [1.82, 2.24) is 0 Å². The van der Waals surface area contributed by atoms with Gasteiger partial charge in [0.1, 0.15) is 0 Å². The van der Waals surface area contributed by atoms with Gasteiger partial charge in [-0.05, 0) is 36.1 Å². The standard InChI is InChI=1S/C10H14S/c1-8(9-4-2-5-9)10-6-3-7-11-10/h3,6-9H,2,4-5H2,1H3. The van der Waals surface area contributed by atoms with E-state index in [9.17, 15) is 0 Å². The zero-order chi connectivity index (χ0) is 7.68. The molecule has 0 amide bonds. The van der Waals surface area contributed by atoms with Crippen molar-refractivity contribution >= 4 is 11.3 Å². The maximum atomic E-state index is 2.37. The molecule has 2 rings (SSSR count). The summed E-state index contributed by atoms with van der Waals surface area (Å²) in [5, 5.41) is 2.19. The Balaban J connectivity index is 2.04. The summed E-state index contributed by atoms with van der Waals surface area (Å²) in [6, 6.07) is 4.43. The van der Waals surface area contributed by atoms with Gasteiger partial charge < -0.3 is 0 Å². The minimum absolute atomic E-state index is 0.823. The van der Waals surface area contributed by atoms with Gasteiger partial charge in [0.15, 0.2) is 0 Å². The van der Waals surface area contributed by atoms with Crippen molar-refractivity contribution in [3.63, 3.8) is 0 Å². The maximum Gasteiger partial charge on any atom is 0.00761 e. The van der Waals surface area contributed by atoms with Crippen molar-refractivity contribution in [3.05, 3.63) is 22.4 Å². The lowest BCUT2D eigenvalue weighted by molar-refractivity contribution is 0.274. The van der Waals surface area contributed by atoms with Crippen LogP contribution in [0.5, 0.6) is 0 Å². The third kappa shape index (κ3) is 1.34. The number of rotatable bonds is 2. The van der Waals surface area contributed by atoms with Crippen LogP contribution in [0.4, 0.5) is 0 Å². The van der Waals surface area contributed by atoms with Crippen LogP contribution in [0.15, 0.2) is 17.5 Å². The lowest BCUT2D eigenvalue weighted by Gasteiger charge is -2.30. The highest BCUT2D eigenvalue weighted by Crippen LogP contribution is 2.40. The van der Waals surface area contributed by atoms with Gasteiger partial charge >= 0.3 is 0 Å². The molecule has 1 fully saturated rings. The van der Waals surface area contributed by atoms with E-state index in [4.69, 9.17) is 0 Å². The first kappa shape index (κ1) is 7.35. The van der Waals surface area contributed by atoms with Gasteiger partial charge in [-0.15, -0.1) is 11.3 Å². The first-order chi connectivity index (χ1) is 5.38. The van der Waals surface area contributed by atoms with Gasteiger partial charge in [-0.25, -0.2) is 0 Å². The van der Waals surface area contributed by atoms with Crippen LogP contribution in [-0.4, -0.2) is 0 Å². The molecule has 60 valence electrons. The highest BCUT2D eigenvalue weighted by Gasteiger charge is 2.25. The van der Waals surface area contributed by atoms with E-state index >= 15 is 0 Å². The summed E-state index contributed by atoms with van der Waals surface area (Å²) in [6.07, 6.45) is 4.37. The summed E-state index contributed by atoms with van der Waals surface area (Å²) >= 11 is 1.91. The molecule has 1 unspecified atom stereocenters. The molecule has 0 aliphatic heterocycles. The topological polar surface area (TPSA) is 0 Å². The molecule has 0 aromatic carbocycles. The Labute approximate surface area is 72.3 Å². The predicted octanol–water partition coefficient (Wildman–Crippen LogP) is 3.65. The van der Waals surface area contributed by atoms with E-state index in [0.29, 0.717) is 0 Å². The molecule has 1 aromatic rings. The van der Waals surface area contributed by atoms with Crippen LogP contribution in [0.3, 0.4) is 0 Å². The van der Waals surface area contributed by atoms with Crippen LogP contribution in [0.1, 0.15) is 37.0 Å². The van der Waals surface area contributed by atoms with Crippen LogP contribution < -0.4 is 0 Å². The van der Waals surface area contributed by atoms with Gasteiger partial charge in [0.25, 0.3) is 0 Å². The van der Waals surface area contributed by atoms with Crippen molar-refractivity contribution in [2.45, 2.75) is 32.1 Å². The Morgan fingerprint density at radius 2 is 2.36 bits per heavy atom. The number of hydrogen-bond acceptors (Lipinski definition) is 1. The smallest absolute Gasteiger partial charge is 0.00761 e. The van der Waals surface area contributed by atoms with Gasteiger partial charge in [0.2, 0.25) is 0 Å². The third-order valence-electron chi connectivity index (χ3n) is 2.85. The zero-order valence-electron chi connectivity index (χ0n) is 6.92. The second-order valence-electron chi connectivity index (χ2n) is 3.50. The van der Waals surface area contributed by atoms with E-state index < -0.39 is 0 Å². The quantitative estimate of drug-likeness (QED) is 0.629. The molecule has 0 spiro atoms. The molecule has 1 heterocycles. The molecule has 11 heavy (non-hydrogen) atoms. The monoisotopic (exact) mass is 166 g/mol. The second kappa shape index (κ2) is 2.98. The van der Waals surface area contributed by atoms with Crippen LogP contribution in [0, 0.1) is 5.92 Å². The fourth-order valence-electron chi connectivity index (χ4n) is 1.72. The summed E-state index contributed by atoms with van der Waals surface area (Å²) in [7, 11) is 0. The molecule has 0 nitrogen and oxygen atoms in total. The molecule has 0 saturated heterocycles. The van der Waals surface area contributed by atoms with Gasteiger partial charge in [-0.2, -0.15) is 0 Å². The van der Waals surface area contributed by atoms with E-state index in [1.54, 1.807) is 4.88 Å². The van der Waals surface area contributed by atoms with Crippen molar-refractivity contribution in [2.24, 2.45) is 5.92 Å². The molecule has 1 saturated carbocycles.